The van der Waals surface area contributed by atoms with Crippen molar-refractivity contribution in [1.29, 1.82) is 0 Å². The van der Waals surface area contributed by atoms with E-state index in [0.29, 0.717) is 24.1 Å². The Kier molecular flexibility index (Phi) is 4.01. The molecule has 1 aliphatic heterocycles. The van der Waals surface area contributed by atoms with Crippen molar-refractivity contribution in [3.05, 3.63) is 23.9 Å². The van der Waals surface area contributed by atoms with E-state index in [4.69, 9.17) is 5.73 Å². The lowest BCUT2D eigenvalue weighted by Crippen LogP contribution is -2.52. The van der Waals surface area contributed by atoms with Gasteiger partial charge in [0.05, 0.1) is 6.04 Å². The molecule has 3 rings (SSSR count). The maximum atomic E-state index is 12.4. The molecule has 2 heterocycles. The Bertz CT molecular complexity index is 488. The lowest BCUT2D eigenvalue weighted by atomic mass is 9.77. The number of nitrogens with two attached hydrogens (primary N) is 1. The molecule has 20 heavy (non-hydrogen) atoms. The smallest absolute Gasteiger partial charge is 0.154 e. The SMILES string of the molecule is Nc1cc(CC(=O)C2CCC3CCCCC3N2)ccn1. The molecule has 1 saturated heterocycles. The molecule has 3 unspecified atom stereocenters. The minimum atomic E-state index is 0.0312. The zero-order valence-corrected chi connectivity index (χ0v) is 11.8. The minimum absolute atomic E-state index is 0.0312. The van der Waals surface area contributed by atoms with Crippen LogP contribution >= 0.6 is 0 Å². The highest BCUT2D eigenvalue weighted by molar-refractivity contribution is 5.86. The van der Waals surface area contributed by atoms with Gasteiger partial charge in [-0.1, -0.05) is 12.8 Å². The Morgan fingerprint density at radius 3 is 3.00 bits per heavy atom. The van der Waals surface area contributed by atoms with Gasteiger partial charge in [-0.25, -0.2) is 4.98 Å². The second kappa shape index (κ2) is 5.92. The Morgan fingerprint density at radius 2 is 2.15 bits per heavy atom. The van der Waals surface area contributed by atoms with Crippen molar-refractivity contribution in [2.24, 2.45) is 5.92 Å². The normalized spacial score (nSPS) is 29.7. The Balaban J connectivity index is 1.60. The van der Waals surface area contributed by atoms with Crippen LogP contribution < -0.4 is 11.1 Å². The van der Waals surface area contributed by atoms with Crippen LogP contribution in [0.5, 0.6) is 0 Å². The number of hydrogen-bond donors (Lipinski definition) is 2. The van der Waals surface area contributed by atoms with Crippen molar-refractivity contribution in [2.75, 3.05) is 5.73 Å². The summed E-state index contributed by atoms with van der Waals surface area (Å²) in [5.41, 5.74) is 6.63. The number of Topliss-reactive ketones (excluding diaryl/α,β-unsaturated/α-hetero) is 1. The molecule has 3 N–H and O–H groups in total. The molecular formula is C16H23N3O. The summed E-state index contributed by atoms with van der Waals surface area (Å²) in [6.45, 7) is 0. The third-order valence-corrected chi connectivity index (χ3v) is 4.76. The Hall–Kier alpha value is -1.42. The molecule has 108 valence electrons. The van der Waals surface area contributed by atoms with Gasteiger partial charge < -0.3 is 11.1 Å². The third-order valence-electron chi connectivity index (χ3n) is 4.76. The topological polar surface area (TPSA) is 68.0 Å². The largest absolute Gasteiger partial charge is 0.384 e. The molecule has 0 radical (unpaired) electrons. The molecule has 0 aromatic carbocycles. The molecule has 1 saturated carbocycles. The van der Waals surface area contributed by atoms with Crippen molar-refractivity contribution in [3.8, 4) is 0 Å². The van der Waals surface area contributed by atoms with Crippen molar-refractivity contribution in [2.45, 2.75) is 57.0 Å². The monoisotopic (exact) mass is 273 g/mol. The summed E-state index contributed by atoms with van der Waals surface area (Å²) in [4.78, 5) is 16.4. The van der Waals surface area contributed by atoms with Crippen LogP contribution in [0.3, 0.4) is 0 Å². The van der Waals surface area contributed by atoms with E-state index in [1.807, 2.05) is 6.07 Å². The summed E-state index contributed by atoms with van der Waals surface area (Å²) < 4.78 is 0. The van der Waals surface area contributed by atoms with Crippen LogP contribution in [0.25, 0.3) is 0 Å². The van der Waals surface area contributed by atoms with Gasteiger partial charge in [0.25, 0.3) is 0 Å². The van der Waals surface area contributed by atoms with Gasteiger partial charge in [0.15, 0.2) is 5.78 Å². The molecule has 0 bridgehead atoms. The van der Waals surface area contributed by atoms with Crippen molar-refractivity contribution in [3.63, 3.8) is 0 Å². The van der Waals surface area contributed by atoms with Crippen LogP contribution in [0, 0.1) is 5.92 Å². The minimum Gasteiger partial charge on any atom is -0.384 e. The van der Waals surface area contributed by atoms with Gasteiger partial charge in [0.2, 0.25) is 0 Å². The van der Waals surface area contributed by atoms with E-state index in [1.165, 1.54) is 32.1 Å². The van der Waals surface area contributed by atoms with Gasteiger partial charge in [0, 0.05) is 18.7 Å². The predicted molar refractivity (Wildman–Crippen MR) is 79.3 cm³/mol. The van der Waals surface area contributed by atoms with Gasteiger partial charge in [-0.05, 0) is 49.3 Å². The zero-order chi connectivity index (χ0) is 13.9. The number of carbonyl (C=O) groups excluding carboxylic acids is 1. The fourth-order valence-electron chi connectivity index (χ4n) is 3.68. The quantitative estimate of drug-likeness (QED) is 0.885. The molecule has 2 fully saturated rings. The molecule has 4 nitrogen and oxygen atoms in total. The third kappa shape index (κ3) is 3.01. The van der Waals surface area contributed by atoms with Gasteiger partial charge in [-0.15, -0.1) is 0 Å². The maximum Gasteiger partial charge on any atom is 0.154 e. The summed E-state index contributed by atoms with van der Waals surface area (Å²) in [5.74, 6) is 1.57. The molecule has 1 aromatic heterocycles. The first kappa shape index (κ1) is 13.6. The number of piperidine rings is 1. The molecule has 1 aromatic rings. The number of pyridine rings is 1. The first-order valence-electron chi connectivity index (χ1n) is 7.71. The molecule has 0 spiro atoms. The van der Waals surface area contributed by atoms with E-state index in [2.05, 4.69) is 10.3 Å². The number of rotatable bonds is 3. The Morgan fingerprint density at radius 1 is 1.30 bits per heavy atom. The lowest BCUT2D eigenvalue weighted by Gasteiger charge is -2.40. The van der Waals surface area contributed by atoms with E-state index in [9.17, 15) is 4.79 Å². The van der Waals surface area contributed by atoms with E-state index in [-0.39, 0.29) is 6.04 Å². The number of nitrogens with one attached hydrogen (secondary N) is 1. The van der Waals surface area contributed by atoms with Crippen LogP contribution in [0.2, 0.25) is 0 Å². The first-order chi connectivity index (χ1) is 9.72. The van der Waals surface area contributed by atoms with Crippen LogP contribution in [0.4, 0.5) is 5.82 Å². The number of aromatic nitrogens is 1. The number of anilines is 1. The first-order valence-corrected chi connectivity index (χ1v) is 7.71. The van der Waals surface area contributed by atoms with Crippen LogP contribution in [-0.4, -0.2) is 22.9 Å². The summed E-state index contributed by atoms with van der Waals surface area (Å²) >= 11 is 0. The predicted octanol–water partition coefficient (Wildman–Crippen LogP) is 2.09. The van der Waals surface area contributed by atoms with Gasteiger partial charge >= 0.3 is 0 Å². The number of nitrogen functional groups attached to an aromatic ring is 1. The van der Waals surface area contributed by atoms with Gasteiger partial charge in [0.1, 0.15) is 5.82 Å². The fraction of sp³-hybridized carbons (Fsp3) is 0.625. The summed E-state index contributed by atoms with van der Waals surface area (Å²) in [6, 6.07) is 4.27. The van der Waals surface area contributed by atoms with Crippen molar-refractivity contribution < 1.29 is 4.79 Å². The molecule has 3 atom stereocenters. The molecule has 4 heteroatoms. The summed E-state index contributed by atoms with van der Waals surface area (Å²) in [7, 11) is 0. The van der Waals surface area contributed by atoms with Crippen molar-refractivity contribution in [1.82, 2.24) is 10.3 Å². The fourth-order valence-corrected chi connectivity index (χ4v) is 3.68. The molecule has 2 aliphatic rings. The lowest BCUT2D eigenvalue weighted by molar-refractivity contribution is -0.121. The highest BCUT2D eigenvalue weighted by atomic mass is 16.1. The highest BCUT2D eigenvalue weighted by Crippen LogP contribution is 2.32. The average Bonchev–Trinajstić information content (AvgIpc) is 2.47. The number of carbonyl (C=O) groups is 1. The van der Waals surface area contributed by atoms with Crippen LogP contribution in [0.1, 0.15) is 44.1 Å². The standard InChI is InChI=1S/C16H23N3O/c17-16-10-11(7-8-18-16)9-15(20)14-6-5-12-3-1-2-4-13(12)19-14/h7-8,10,12-14,19H,1-6,9H2,(H2,17,18). The van der Waals surface area contributed by atoms with E-state index in [1.54, 1.807) is 12.3 Å². The van der Waals surface area contributed by atoms with Gasteiger partial charge in [-0.2, -0.15) is 0 Å². The van der Waals surface area contributed by atoms with Crippen molar-refractivity contribution >= 4 is 11.6 Å². The van der Waals surface area contributed by atoms with Crippen LogP contribution in [0.15, 0.2) is 18.3 Å². The maximum absolute atomic E-state index is 12.4. The second-order valence-electron chi connectivity index (χ2n) is 6.18. The Labute approximate surface area is 120 Å². The van der Waals surface area contributed by atoms with Gasteiger partial charge in [-0.3, -0.25) is 4.79 Å². The molecular weight excluding hydrogens is 250 g/mol. The van der Waals surface area contributed by atoms with E-state index >= 15 is 0 Å². The number of hydrogen-bond acceptors (Lipinski definition) is 4. The second-order valence-corrected chi connectivity index (χ2v) is 6.18. The number of nitrogens with zero attached hydrogens (tertiary/aromatic N) is 1. The average molecular weight is 273 g/mol. The summed E-state index contributed by atoms with van der Waals surface area (Å²) in [5, 5.41) is 3.59. The molecule has 1 aliphatic carbocycles. The van der Waals surface area contributed by atoms with E-state index < -0.39 is 0 Å². The number of fused-ring (bicyclic) bond motifs is 1. The summed E-state index contributed by atoms with van der Waals surface area (Å²) in [6.07, 6.45) is 9.54. The highest BCUT2D eigenvalue weighted by Gasteiger charge is 2.34. The van der Waals surface area contributed by atoms with Crippen LogP contribution in [-0.2, 0) is 11.2 Å². The number of ketones is 1. The van der Waals surface area contributed by atoms with E-state index in [0.717, 1.165) is 17.9 Å². The molecule has 0 amide bonds. The zero-order valence-electron chi connectivity index (χ0n) is 11.8.